The Labute approximate surface area is 99.0 Å². The Kier molecular flexibility index (Phi) is 3.72. The second kappa shape index (κ2) is 5.08. The molecule has 1 atom stereocenters. The highest BCUT2D eigenvalue weighted by Gasteiger charge is 2.29. The van der Waals surface area contributed by atoms with E-state index in [0.29, 0.717) is 18.4 Å². The first-order valence-electron chi connectivity index (χ1n) is 5.93. The summed E-state index contributed by atoms with van der Waals surface area (Å²) in [6.45, 7) is 0. The van der Waals surface area contributed by atoms with Crippen LogP contribution >= 0.6 is 0 Å². The molecule has 0 saturated heterocycles. The molecule has 1 N–H and O–H groups in total. The van der Waals surface area contributed by atoms with Crippen molar-refractivity contribution < 1.29 is 13.2 Å². The van der Waals surface area contributed by atoms with Crippen molar-refractivity contribution in [3.05, 3.63) is 35.1 Å². The molecular formula is C13H16F3N. The van der Waals surface area contributed by atoms with Crippen LogP contribution in [0.1, 0.15) is 24.8 Å². The average Bonchev–Trinajstić information content (AvgIpc) is 3.14. The van der Waals surface area contributed by atoms with E-state index < -0.39 is 17.5 Å². The Hall–Kier alpha value is -1.03. The van der Waals surface area contributed by atoms with Crippen molar-refractivity contribution in [3.8, 4) is 0 Å². The molecule has 1 unspecified atom stereocenters. The second-order valence-corrected chi connectivity index (χ2v) is 4.61. The lowest BCUT2D eigenvalue weighted by molar-refractivity contribution is 0.430. The Morgan fingerprint density at radius 1 is 1.24 bits per heavy atom. The Morgan fingerprint density at radius 3 is 2.53 bits per heavy atom. The Balaban J connectivity index is 2.01. The van der Waals surface area contributed by atoms with Crippen LogP contribution in [0.4, 0.5) is 13.2 Å². The maximum absolute atomic E-state index is 13.4. The van der Waals surface area contributed by atoms with Crippen LogP contribution in [0.25, 0.3) is 0 Å². The third kappa shape index (κ3) is 2.80. The first-order chi connectivity index (χ1) is 8.13. The summed E-state index contributed by atoms with van der Waals surface area (Å²) in [6, 6.07) is 2.66. The SMILES string of the molecule is CNC(CCc1ccc(F)c(F)c1F)C1CC1. The van der Waals surface area contributed by atoms with E-state index in [-0.39, 0.29) is 5.56 Å². The van der Waals surface area contributed by atoms with Crippen molar-refractivity contribution in [2.45, 2.75) is 31.7 Å². The predicted molar refractivity (Wildman–Crippen MR) is 60.2 cm³/mol. The van der Waals surface area contributed by atoms with Gasteiger partial charge in [0.25, 0.3) is 0 Å². The lowest BCUT2D eigenvalue weighted by Gasteiger charge is -2.15. The van der Waals surface area contributed by atoms with E-state index in [2.05, 4.69) is 5.32 Å². The zero-order valence-corrected chi connectivity index (χ0v) is 9.77. The van der Waals surface area contributed by atoms with Crippen molar-refractivity contribution >= 4 is 0 Å². The summed E-state index contributed by atoms with van der Waals surface area (Å²) in [5.74, 6) is -2.88. The number of aryl methyl sites for hydroxylation is 1. The summed E-state index contributed by atoms with van der Waals surface area (Å²) in [4.78, 5) is 0. The fourth-order valence-electron chi connectivity index (χ4n) is 2.18. The third-order valence-corrected chi connectivity index (χ3v) is 3.40. The molecule has 0 radical (unpaired) electrons. The molecule has 0 amide bonds. The quantitative estimate of drug-likeness (QED) is 0.784. The molecule has 2 rings (SSSR count). The summed E-state index contributed by atoms with van der Waals surface area (Å²) < 4.78 is 39.1. The molecule has 1 aromatic carbocycles. The van der Waals surface area contributed by atoms with Crippen molar-refractivity contribution in [3.63, 3.8) is 0 Å². The summed E-state index contributed by atoms with van der Waals surface area (Å²) in [5, 5.41) is 3.19. The molecule has 17 heavy (non-hydrogen) atoms. The van der Waals surface area contributed by atoms with Crippen molar-refractivity contribution in [2.24, 2.45) is 5.92 Å². The van der Waals surface area contributed by atoms with E-state index in [4.69, 9.17) is 0 Å². The zero-order valence-electron chi connectivity index (χ0n) is 9.77. The van der Waals surface area contributed by atoms with E-state index in [9.17, 15) is 13.2 Å². The highest BCUT2D eigenvalue weighted by Crippen LogP contribution is 2.34. The van der Waals surface area contributed by atoms with E-state index >= 15 is 0 Å². The molecule has 0 aromatic heterocycles. The van der Waals surface area contributed by atoms with Gasteiger partial charge in [0.2, 0.25) is 0 Å². The van der Waals surface area contributed by atoms with Crippen LogP contribution in [-0.4, -0.2) is 13.1 Å². The second-order valence-electron chi connectivity index (χ2n) is 4.61. The zero-order chi connectivity index (χ0) is 12.4. The average molecular weight is 243 g/mol. The first kappa shape index (κ1) is 12.4. The van der Waals surface area contributed by atoms with Gasteiger partial charge in [-0.05, 0) is 50.3 Å². The standard InChI is InChI=1S/C13H16F3N/c1-17-11(8-2-3-8)7-5-9-4-6-10(14)13(16)12(9)15/h4,6,8,11,17H,2-3,5,7H2,1H3. The van der Waals surface area contributed by atoms with Crippen molar-refractivity contribution in [2.75, 3.05) is 7.05 Å². The van der Waals surface area contributed by atoms with E-state index in [1.807, 2.05) is 7.05 Å². The van der Waals surface area contributed by atoms with Crippen LogP contribution in [0.2, 0.25) is 0 Å². The maximum Gasteiger partial charge on any atom is 0.194 e. The van der Waals surface area contributed by atoms with Gasteiger partial charge in [0, 0.05) is 6.04 Å². The van der Waals surface area contributed by atoms with Crippen LogP contribution in [0.5, 0.6) is 0 Å². The molecule has 4 heteroatoms. The summed E-state index contributed by atoms with van der Waals surface area (Å²) in [6.07, 6.45) is 3.59. The van der Waals surface area contributed by atoms with Crippen LogP contribution in [0, 0.1) is 23.4 Å². The molecule has 1 nitrogen and oxygen atoms in total. The van der Waals surface area contributed by atoms with E-state index in [0.717, 1.165) is 12.5 Å². The summed E-state index contributed by atoms with van der Waals surface area (Å²) in [7, 11) is 1.88. The lowest BCUT2D eigenvalue weighted by atomic mass is 10.0. The van der Waals surface area contributed by atoms with Gasteiger partial charge in [-0.2, -0.15) is 0 Å². The predicted octanol–water partition coefficient (Wildman–Crippen LogP) is 3.03. The Morgan fingerprint density at radius 2 is 1.94 bits per heavy atom. The summed E-state index contributed by atoms with van der Waals surface area (Å²) >= 11 is 0. The van der Waals surface area contributed by atoms with E-state index in [1.165, 1.54) is 18.9 Å². The van der Waals surface area contributed by atoms with Gasteiger partial charge in [0.15, 0.2) is 17.5 Å². The molecular weight excluding hydrogens is 227 g/mol. The molecule has 94 valence electrons. The van der Waals surface area contributed by atoms with Crippen LogP contribution in [0.3, 0.4) is 0 Å². The van der Waals surface area contributed by atoms with Crippen LogP contribution in [-0.2, 0) is 6.42 Å². The molecule has 1 aliphatic carbocycles. The van der Waals surface area contributed by atoms with Gasteiger partial charge in [0.1, 0.15) is 0 Å². The van der Waals surface area contributed by atoms with Crippen LogP contribution in [0.15, 0.2) is 12.1 Å². The van der Waals surface area contributed by atoms with Crippen molar-refractivity contribution in [1.29, 1.82) is 0 Å². The molecule has 0 spiro atoms. The summed E-state index contributed by atoms with van der Waals surface area (Å²) in [5.41, 5.74) is 0.254. The lowest BCUT2D eigenvalue weighted by Crippen LogP contribution is -2.27. The Bertz CT molecular complexity index is 402. The monoisotopic (exact) mass is 243 g/mol. The fraction of sp³-hybridized carbons (Fsp3) is 0.538. The van der Waals surface area contributed by atoms with Gasteiger partial charge < -0.3 is 5.32 Å². The molecule has 1 fully saturated rings. The van der Waals surface area contributed by atoms with Gasteiger partial charge in [-0.15, -0.1) is 0 Å². The molecule has 1 saturated carbocycles. The minimum atomic E-state index is -1.37. The number of nitrogens with one attached hydrogen (secondary N) is 1. The smallest absolute Gasteiger partial charge is 0.194 e. The number of rotatable bonds is 5. The minimum absolute atomic E-state index is 0.254. The maximum atomic E-state index is 13.4. The highest BCUT2D eigenvalue weighted by atomic mass is 19.2. The van der Waals surface area contributed by atoms with Gasteiger partial charge in [-0.3, -0.25) is 0 Å². The molecule has 1 aliphatic rings. The van der Waals surface area contributed by atoms with Gasteiger partial charge in [0.05, 0.1) is 0 Å². The number of hydrogen-bond acceptors (Lipinski definition) is 1. The van der Waals surface area contributed by atoms with Gasteiger partial charge >= 0.3 is 0 Å². The topological polar surface area (TPSA) is 12.0 Å². The molecule has 0 heterocycles. The normalized spacial score (nSPS) is 17.2. The van der Waals surface area contributed by atoms with Gasteiger partial charge in [-0.25, -0.2) is 13.2 Å². The molecule has 0 bridgehead atoms. The van der Waals surface area contributed by atoms with E-state index in [1.54, 1.807) is 0 Å². The third-order valence-electron chi connectivity index (χ3n) is 3.40. The minimum Gasteiger partial charge on any atom is -0.317 e. The molecule has 1 aromatic rings. The largest absolute Gasteiger partial charge is 0.317 e. The number of hydrogen-bond donors (Lipinski definition) is 1. The molecule has 0 aliphatic heterocycles. The first-order valence-corrected chi connectivity index (χ1v) is 5.93. The van der Waals surface area contributed by atoms with Crippen molar-refractivity contribution in [1.82, 2.24) is 5.32 Å². The fourth-order valence-corrected chi connectivity index (χ4v) is 2.18. The van der Waals surface area contributed by atoms with Gasteiger partial charge in [-0.1, -0.05) is 6.07 Å². The number of halogens is 3. The highest BCUT2D eigenvalue weighted by molar-refractivity contribution is 5.20. The number of benzene rings is 1. The van der Waals surface area contributed by atoms with Crippen LogP contribution < -0.4 is 5.32 Å².